The summed E-state index contributed by atoms with van der Waals surface area (Å²) in [5.41, 5.74) is 4.41. The number of hydrogen-bond donors (Lipinski definition) is 2. The Hall–Kier alpha value is -1.48. The summed E-state index contributed by atoms with van der Waals surface area (Å²) in [7, 11) is 0. The summed E-state index contributed by atoms with van der Waals surface area (Å²) < 4.78 is 76.8. The van der Waals surface area contributed by atoms with Crippen molar-refractivity contribution in [1.82, 2.24) is 0 Å². The van der Waals surface area contributed by atoms with Crippen LogP contribution in [0, 0.1) is 0 Å². The average molecular weight is 303 g/mol. The molecule has 0 bridgehead atoms. The van der Waals surface area contributed by atoms with Crippen LogP contribution in [0.2, 0.25) is 0 Å². The lowest BCUT2D eigenvalue weighted by molar-refractivity contribution is -0.275. The van der Waals surface area contributed by atoms with E-state index in [1.165, 1.54) is 12.1 Å². The number of ether oxygens (including phenoxy) is 1. The Balaban J connectivity index is 2.90. The van der Waals surface area contributed by atoms with E-state index in [4.69, 9.17) is 5.73 Å². The molecule has 3 nitrogen and oxygen atoms in total. The molecule has 0 heterocycles. The van der Waals surface area contributed by atoms with Gasteiger partial charge in [-0.3, -0.25) is 0 Å². The van der Waals surface area contributed by atoms with E-state index < -0.39 is 42.4 Å². The highest BCUT2D eigenvalue weighted by Gasteiger charge is 2.39. The molecule has 0 fully saturated rings. The maximum Gasteiger partial charge on any atom is 0.573 e. The zero-order valence-corrected chi connectivity index (χ0v) is 9.87. The van der Waals surface area contributed by atoms with Crippen LogP contribution in [0.1, 0.15) is 18.1 Å². The molecule has 0 spiro atoms. The van der Waals surface area contributed by atoms with Crippen molar-refractivity contribution in [2.45, 2.75) is 31.1 Å². The van der Waals surface area contributed by atoms with Crippen LogP contribution in [0.3, 0.4) is 0 Å². The van der Waals surface area contributed by atoms with Crippen molar-refractivity contribution in [1.29, 1.82) is 0 Å². The zero-order valence-electron chi connectivity index (χ0n) is 9.87. The molecule has 0 saturated carbocycles. The van der Waals surface area contributed by atoms with Gasteiger partial charge in [-0.15, -0.1) is 13.2 Å². The van der Waals surface area contributed by atoms with Gasteiger partial charge in [-0.2, -0.15) is 13.2 Å². The fourth-order valence-electron chi connectivity index (χ4n) is 1.47. The molecule has 1 aromatic rings. The summed E-state index contributed by atoms with van der Waals surface area (Å²) in [4.78, 5) is 0. The SMILES string of the molecule is N[C@H](C[C@H](O)c1ccccc1OC(F)(F)F)C(F)(F)F. The van der Waals surface area contributed by atoms with Crippen molar-refractivity contribution < 1.29 is 36.2 Å². The topological polar surface area (TPSA) is 55.5 Å². The third-order valence-corrected chi connectivity index (χ3v) is 2.40. The van der Waals surface area contributed by atoms with Gasteiger partial charge in [0.2, 0.25) is 0 Å². The van der Waals surface area contributed by atoms with Gasteiger partial charge in [-0.25, -0.2) is 0 Å². The van der Waals surface area contributed by atoms with Crippen molar-refractivity contribution >= 4 is 0 Å². The lowest BCUT2D eigenvalue weighted by Crippen LogP contribution is -2.38. The molecule has 0 aliphatic rings. The number of benzene rings is 1. The van der Waals surface area contributed by atoms with Gasteiger partial charge < -0.3 is 15.6 Å². The minimum absolute atomic E-state index is 0.412. The molecule has 2 atom stereocenters. The molecule has 0 unspecified atom stereocenters. The fourth-order valence-corrected chi connectivity index (χ4v) is 1.47. The summed E-state index contributed by atoms with van der Waals surface area (Å²) in [6, 6.07) is 2.04. The molecule has 0 aromatic heterocycles. The molecule has 0 radical (unpaired) electrons. The van der Waals surface area contributed by atoms with E-state index in [1.807, 2.05) is 0 Å². The van der Waals surface area contributed by atoms with E-state index in [1.54, 1.807) is 0 Å². The first kappa shape index (κ1) is 16.6. The first-order valence-electron chi connectivity index (χ1n) is 5.35. The smallest absolute Gasteiger partial charge is 0.405 e. The Bertz CT molecular complexity index is 445. The van der Waals surface area contributed by atoms with E-state index >= 15 is 0 Å². The molecular weight excluding hydrogens is 292 g/mol. The van der Waals surface area contributed by atoms with Crippen LogP contribution < -0.4 is 10.5 Å². The van der Waals surface area contributed by atoms with Crippen molar-refractivity contribution in [3.63, 3.8) is 0 Å². The lowest BCUT2D eigenvalue weighted by atomic mass is 10.0. The minimum Gasteiger partial charge on any atom is -0.405 e. The van der Waals surface area contributed by atoms with Gasteiger partial charge in [-0.05, 0) is 6.07 Å². The second-order valence-corrected chi connectivity index (χ2v) is 3.99. The molecule has 0 saturated heterocycles. The van der Waals surface area contributed by atoms with Gasteiger partial charge in [-0.1, -0.05) is 18.2 Å². The summed E-state index contributed by atoms with van der Waals surface area (Å²) >= 11 is 0. The third-order valence-electron chi connectivity index (χ3n) is 2.40. The Morgan fingerprint density at radius 1 is 1.10 bits per heavy atom. The highest BCUT2D eigenvalue weighted by Crippen LogP contribution is 2.33. The molecule has 1 aromatic carbocycles. The summed E-state index contributed by atoms with van der Waals surface area (Å²) in [5.74, 6) is -0.762. The van der Waals surface area contributed by atoms with Crippen molar-refractivity contribution in [3.05, 3.63) is 29.8 Å². The Morgan fingerprint density at radius 3 is 2.15 bits per heavy atom. The molecule has 0 aliphatic heterocycles. The van der Waals surface area contributed by atoms with Gasteiger partial charge in [0, 0.05) is 12.0 Å². The number of rotatable bonds is 4. The Morgan fingerprint density at radius 2 is 1.65 bits per heavy atom. The van der Waals surface area contributed by atoms with Gasteiger partial charge in [0.1, 0.15) is 11.8 Å². The highest BCUT2D eigenvalue weighted by molar-refractivity contribution is 5.35. The van der Waals surface area contributed by atoms with Gasteiger partial charge in [0.25, 0.3) is 0 Å². The molecular formula is C11H11F6NO2. The first-order valence-corrected chi connectivity index (χ1v) is 5.35. The van der Waals surface area contributed by atoms with Crippen LogP contribution in [0.5, 0.6) is 5.75 Å². The van der Waals surface area contributed by atoms with Crippen LogP contribution in [-0.2, 0) is 0 Å². The van der Waals surface area contributed by atoms with E-state index in [0.717, 1.165) is 12.1 Å². The van der Waals surface area contributed by atoms with Crippen molar-refractivity contribution in [2.24, 2.45) is 5.73 Å². The highest BCUT2D eigenvalue weighted by atomic mass is 19.4. The Labute approximate surface area is 109 Å². The van der Waals surface area contributed by atoms with Crippen LogP contribution >= 0.6 is 0 Å². The molecule has 0 amide bonds. The van der Waals surface area contributed by atoms with E-state index in [-0.39, 0.29) is 0 Å². The number of aliphatic hydroxyl groups is 1. The quantitative estimate of drug-likeness (QED) is 0.841. The molecule has 0 aliphatic carbocycles. The number of alkyl halides is 6. The number of para-hydroxylation sites is 1. The third kappa shape index (κ3) is 4.89. The number of nitrogens with two attached hydrogens (primary N) is 1. The lowest BCUT2D eigenvalue weighted by Gasteiger charge is -2.21. The summed E-state index contributed by atoms with van der Waals surface area (Å²) in [6.07, 6.45) is -12.6. The number of aliphatic hydroxyl groups excluding tert-OH is 1. The average Bonchev–Trinajstić information content (AvgIpc) is 2.25. The van der Waals surface area contributed by atoms with Crippen LogP contribution in [0.4, 0.5) is 26.3 Å². The predicted octanol–water partition coefficient (Wildman–Crippen LogP) is 2.90. The molecule has 114 valence electrons. The standard InChI is InChI=1S/C11H11F6NO2/c12-10(13,14)9(18)5-7(19)6-3-1-2-4-8(6)20-11(15,16)17/h1-4,7,9,19H,5,18H2/t7-,9+/m0/s1. The second kappa shape index (κ2) is 5.88. The second-order valence-electron chi connectivity index (χ2n) is 3.99. The molecule has 1 rings (SSSR count). The maximum absolute atomic E-state index is 12.2. The fraction of sp³-hybridized carbons (Fsp3) is 0.455. The van der Waals surface area contributed by atoms with Gasteiger partial charge >= 0.3 is 12.5 Å². The zero-order chi connectivity index (χ0) is 15.6. The number of hydrogen-bond acceptors (Lipinski definition) is 3. The molecule has 9 heteroatoms. The maximum atomic E-state index is 12.2. The minimum atomic E-state index is -5.01. The predicted molar refractivity (Wildman–Crippen MR) is 56.7 cm³/mol. The first-order chi connectivity index (χ1) is 9.00. The molecule has 20 heavy (non-hydrogen) atoms. The van der Waals surface area contributed by atoms with Crippen LogP contribution in [0.15, 0.2) is 24.3 Å². The van der Waals surface area contributed by atoms with Crippen molar-refractivity contribution in [3.8, 4) is 5.75 Å². The summed E-state index contributed by atoms with van der Waals surface area (Å²) in [5, 5.41) is 9.60. The number of halogens is 6. The molecule has 3 N–H and O–H groups in total. The van der Waals surface area contributed by atoms with Gasteiger partial charge in [0.15, 0.2) is 0 Å². The van der Waals surface area contributed by atoms with Crippen LogP contribution in [0.25, 0.3) is 0 Å². The van der Waals surface area contributed by atoms with Gasteiger partial charge in [0.05, 0.1) is 6.10 Å². The van der Waals surface area contributed by atoms with E-state index in [0.29, 0.717) is 0 Å². The van der Waals surface area contributed by atoms with E-state index in [2.05, 4.69) is 4.74 Å². The summed E-state index contributed by atoms with van der Waals surface area (Å²) in [6.45, 7) is 0. The normalized spacial score (nSPS) is 15.8. The van der Waals surface area contributed by atoms with Crippen molar-refractivity contribution in [2.75, 3.05) is 0 Å². The van der Waals surface area contributed by atoms with E-state index in [9.17, 15) is 31.4 Å². The largest absolute Gasteiger partial charge is 0.573 e. The Kier molecular flexibility index (Phi) is 4.87. The van der Waals surface area contributed by atoms with Crippen LogP contribution in [-0.4, -0.2) is 23.7 Å². The monoisotopic (exact) mass is 303 g/mol.